The zero-order valence-electron chi connectivity index (χ0n) is 11.2. The second-order valence-corrected chi connectivity index (χ2v) is 5.73. The van der Waals surface area contributed by atoms with Gasteiger partial charge >= 0.3 is 0 Å². The Morgan fingerprint density at radius 3 is 2.55 bits per heavy atom. The highest BCUT2D eigenvalue weighted by molar-refractivity contribution is 7.09. The van der Waals surface area contributed by atoms with Crippen LogP contribution in [0.4, 0.5) is 8.78 Å². The molecule has 0 saturated carbocycles. The minimum absolute atomic E-state index is 0.404. The fourth-order valence-electron chi connectivity index (χ4n) is 1.89. The lowest BCUT2D eigenvalue weighted by Gasteiger charge is -2.22. The highest BCUT2D eigenvalue weighted by Gasteiger charge is 2.25. The number of aliphatic hydroxyl groups excluding tert-OH is 1. The number of nitrogens with zero attached hydrogens (tertiary/aromatic N) is 1. The minimum atomic E-state index is -2.28. The molecule has 1 amide bonds. The summed E-state index contributed by atoms with van der Waals surface area (Å²) in [4.78, 5) is 12.1. The van der Waals surface area contributed by atoms with Crippen LogP contribution < -0.4 is 5.32 Å². The number of alkyl halides is 3. The van der Waals surface area contributed by atoms with E-state index in [4.69, 9.17) is 11.6 Å². The van der Waals surface area contributed by atoms with Gasteiger partial charge in [0.25, 0.3) is 11.5 Å². The summed E-state index contributed by atoms with van der Waals surface area (Å²) in [6.07, 6.45) is 0.372. The van der Waals surface area contributed by atoms with Gasteiger partial charge in [-0.1, -0.05) is 35.9 Å². The monoisotopic (exact) mass is 346 g/mol. The molecule has 8 heteroatoms. The van der Waals surface area contributed by atoms with Crippen molar-refractivity contribution < 1.29 is 18.7 Å². The lowest BCUT2D eigenvalue weighted by atomic mass is 10.0. The fourth-order valence-corrected chi connectivity index (χ4v) is 2.55. The molecule has 2 N–H and O–H groups in total. The Hall–Kier alpha value is -1.57. The van der Waals surface area contributed by atoms with Crippen LogP contribution in [0, 0.1) is 0 Å². The zero-order chi connectivity index (χ0) is 16.1. The Morgan fingerprint density at radius 2 is 2.05 bits per heavy atom. The van der Waals surface area contributed by atoms with Gasteiger partial charge in [0.2, 0.25) is 0 Å². The standard InChI is InChI=1S/C14H13ClF2N2O2S/c15-13(17)14(21)19-10(7-16)12(20)9-3-1-8(2-4-9)11-5-6-18-22-11/h1-6,10,12-13,20H,7H2,(H,19,21)/t10-,12-,13?/m1/s1. The van der Waals surface area contributed by atoms with Crippen LogP contribution in [0.5, 0.6) is 0 Å². The van der Waals surface area contributed by atoms with E-state index in [1.165, 1.54) is 11.5 Å². The van der Waals surface area contributed by atoms with Crippen LogP contribution in [0.3, 0.4) is 0 Å². The molecule has 118 valence electrons. The number of carbonyl (C=O) groups is 1. The number of aromatic nitrogens is 1. The largest absolute Gasteiger partial charge is 0.386 e. The van der Waals surface area contributed by atoms with Crippen molar-refractivity contribution in [3.8, 4) is 10.4 Å². The van der Waals surface area contributed by atoms with E-state index in [0.717, 1.165) is 10.4 Å². The number of benzene rings is 1. The quantitative estimate of drug-likeness (QED) is 0.791. The van der Waals surface area contributed by atoms with E-state index in [1.807, 2.05) is 11.4 Å². The highest BCUT2D eigenvalue weighted by Crippen LogP contribution is 2.25. The third-order valence-electron chi connectivity index (χ3n) is 3.05. The van der Waals surface area contributed by atoms with Crippen molar-refractivity contribution in [1.29, 1.82) is 0 Å². The van der Waals surface area contributed by atoms with Crippen molar-refractivity contribution >= 4 is 29.0 Å². The Labute approximate surface area is 134 Å². The summed E-state index contributed by atoms with van der Waals surface area (Å²) in [5.41, 5.74) is -0.972. The maximum absolute atomic E-state index is 13.0. The molecule has 1 unspecified atom stereocenters. The molecule has 2 rings (SSSR count). The van der Waals surface area contributed by atoms with Crippen molar-refractivity contribution in [2.24, 2.45) is 0 Å². The molecule has 4 nitrogen and oxygen atoms in total. The average molecular weight is 347 g/mol. The molecule has 2 aromatic rings. The maximum Gasteiger partial charge on any atom is 0.270 e. The number of hydrogen-bond acceptors (Lipinski definition) is 4. The molecule has 1 aromatic heterocycles. The molecule has 0 aliphatic heterocycles. The molecule has 1 heterocycles. The molecule has 0 bridgehead atoms. The summed E-state index contributed by atoms with van der Waals surface area (Å²) in [6, 6.07) is 7.32. The third-order valence-corrected chi connectivity index (χ3v) is 4.04. The van der Waals surface area contributed by atoms with E-state index in [-0.39, 0.29) is 0 Å². The van der Waals surface area contributed by atoms with E-state index in [1.54, 1.807) is 30.5 Å². The van der Waals surface area contributed by atoms with Gasteiger partial charge in [-0.3, -0.25) is 4.79 Å². The summed E-state index contributed by atoms with van der Waals surface area (Å²) >= 11 is 6.30. The molecule has 22 heavy (non-hydrogen) atoms. The van der Waals surface area contributed by atoms with Crippen molar-refractivity contribution in [1.82, 2.24) is 9.69 Å². The van der Waals surface area contributed by atoms with Gasteiger partial charge in [0.15, 0.2) is 0 Å². The lowest BCUT2D eigenvalue weighted by molar-refractivity contribution is -0.125. The van der Waals surface area contributed by atoms with E-state index in [0.29, 0.717) is 5.56 Å². The minimum Gasteiger partial charge on any atom is -0.386 e. The first-order chi connectivity index (χ1) is 10.5. The van der Waals surface area contributed by atoms with Gasteiger partial charge in [0.05, 0.1) is 10.9 Å². The molecule has 3 atom stereocenters. The van der Waals surface area contributed by atoms with Gasteiger partial charge in [-0.15, -0.1) is 0 Å². The van der Waals surface area contributed by atoms with Crippen LogP contribution in [0.25, 0.3) is 10.4 Å². The lowest BCUT2D eigenvalue weighted by Crippen LogP contribution is -2.43. The second kappa shape index (κ2) is 7.62. The summed E-state index contributed by atoms with van der Waals surface area (Å²) in [5, 5.41) is 12.1. The van der Waals surface area contributed by atoms with Crippen LogP contribution in [-0.4, -0.2) is 33.7 Å². The van der Waals surface area contributed by atoms with Crippen LogP contribution in [-0.2, 0) is 4.79 Å². The number of carbonyl (C=O) groups excluding carboxylic acids is 1. The molecule has 0 radical (unpaired) electrons. The third kappa shape index (κ3) is 4.00. The Bertz CT molecular complexity index is 608. The molecule has 0 fully saturated rings. The summed E-state index contributed by atoms with van der Waals surface area (Å²) in [7, 11) is 0. The highest BCUT2D eigenvalue weighted by atomic mass is 35.5. The maximum atomic E-state index is 13.0. The number of amides is 1. The molecule has 0 aliphatic carbocycles. The predicted molar refractivity (Wildman–Crippen MR) is 81.2 cm³/mol. The van der Waals surface area contributed by atoms with Crippen molar-refractivity contribution in [3.63, 3.8) is 0 Å². The van der Waals surface area contributed by atoms with Crippen LogP contribution in [0.15, 0.2) is 36.5 Å². The topological polar surface area (TPSA) is 62.2 Å². The summed E-state index contributed by atoms with van der Waals surface area (Å²) in [6.45, 7) is -1.05. The average Bonchev–Trinajstić information content (AvgIpc) is 3.06. The number of hydrogen-bond donors (Lipinski definition) is 2. The van der Waals surface area contributed by atoms with E-state index >= 15 is 0 Å². The number of aliphatic hydroxyl groups is 1. The van der Waals surface area contributed by atoms with Gasteiger partial charge in [-0.05, 0) is 28.7 Å². The number of nitrogens with one attached hydrogen (secondary N) is 1. The van der Waals surface area contributed by atoms with Gasteiger partial charge in [0.1, 0.15) is 12.8 Å². The number of rotatable bonds is 6. The molecule has 0 spiro atoms. The summed E-state index contributed by atoms with van der Waals surface area (Å²) < 4.78 is 29.6. The SMILES string of the molecule is O=C(N[C@H](CF)[C@H](O)c1ccc(-c2ccns2)cc1)C(F)Cl. The first-order valence-corrected chi connectivity index (χ1v) is 7.57. The molecular weight excluding hydrogens is 334 g/mol. The first kappa shape index (κ1) is 16.8. The second-order valence-electron chi connectivity index (χ2n) is 4.51. The molecular formula is C14H13ClF2N2O2S. The van der Waals surface area contributed by atoms with Gasteiger partial charge < -0.3 is 10.4 Å². The number of halogens is 3. The summed E-state index contributed by atoms with van der Waals surface area (Å²) in [5.74, 6) is -1.18. The first-order valence-electron chi connectivity index (χ1n) is 6.36. The predicted octanol–water partition coefficient (Wildman–Crippen LogP) is 2.83. The van der Waals surface area contributed by atoms with Gasteiger partial charge in [0, 0.05) is 6.20 Å². The molecule has 0 aliphatic rings. The van der Waals surface area contributed by atoms with Crippen LogP contribution in [0.1, 0.15) is 11.7 Å². The van der Waals surface area contributed by atoms with E-state index in [9.17, 15) is 18.7 Å². The Kier molecular flexibility index (Phi) is 5.82. The van der Waals surface area contributed by atoms with E-state index in [2.05, 4.69) is 4.37 Å². The fraction of sp³-hybridized carbons (Fsp3) is 0.286. The van der Waals surface area contributed by atoms with Gasteiger partial charge in [-0.25, -0.2) is 13.2 Å². The zero-order valence-corrected chi connectivity index (χ0v) is 12.8. The van der Waals surface area contributed by atoms with Crippen molar-refractivity contribution in [2.45, 2.75) is 17.8 Å². The smallest absolute Gasteiger partial charge is 0.270 e. The Balaban J connectivity index is 2.10. The van der Waals surface area contributed by atoms with Crippen LogP contribution in [0.2, 0.25) is 0 Å². The molecule has 1 aromatic carbocycles. The van der Waals surface area contributed by atoms with Crippen molar-refractivity contribution in [2.75, 3.05) is 6.67 Å². The van der Waals surface area contributed by atoms with Gasteiger partial charge in [-0.2, -0.15) is 0 Å². The van der Waals surface area contributed by atoms with Crippen molar-refractivity contribution in [3.05, 3.63) is 42.1 Å². The normalized spacial score (nSPS) is 15.1. The van der Waals surface area contributed by atoms with E-state index < -0.39 is 30.4 Å². The Morgan fingerprint density at radius 1 is 1.36 bits per heavy atom. The van der Waals surface area contributed by atoms with Crippen LogP contribution >= 0.6 is 23.1 Å². The molecule has 0 saturated heterocycles.